The minimum atomic E-state index is -0.729. The van der Waals surface area contributed by atoms with E-state index in [1.165, 1.54) is 24.3 Å². The van der Waals surface area contributed by atoms with Crippen LogP contribution in [0.25, 0.3) is 0 Å². The molecule has 4 N–H and O–H groups in total. The Morgan fingerprint density at radius 3 is 1.97 bits per heavy atom. The number of ether oxygens (including phenoxy) is 1. The summed E-state index contributed by atoms with van der Waals surface area (Å²) in [7, 11) is 0. The lowest BCUT2D eigenvalue weighted by molar-refractivity contribution is -0.384. The highest BCUT2D eigenvalue weighted by Crippen LogP contribution is 2.32. The van der Waals surface area contributed by atoms with Crippen molar-refractivity contribution in [3.8, 4) is 5.75 Å². The molecule has 0 saturated heterocycles. The van der Waals surface area contributed by atoms with Crippen molar-refractivity contribution < 1.29 is 14.5 Å². The lowest BCUT2D eigenvalue weighted by atomic mass is 9.85. The Morgan fingerprint density at radius 2 is 1.48 bits per heavy atom. The molecule has 0 fully saturated rings. The van der Waals surface area contributed by atoms with E-state index in [1.54, 1.807) is 38.1 Å². The van der Waals surface area contributed by atoms with Crippen LogP contribution in [-0.4, -0.2) is 31.3 Å². The molecule has 0 saturated carbocycles. The minimum Gasteiger partial charge on any atom is -0.423 e. The molecule has 0 bridgehead atoms. The molecule has 0 aliphatic heterocycles. The van der Waals surface area contributed by atoms with E-state index in [9.17, 15) is 24.5 Å². The first-order valence-electron chi connectivity index (χ1n) is 9.87. The monoisotopic (exact) mass is 449 g/mol. The zero-order chi connectivity index (χ0) is 23.7. The van der Waals surface area contributed by atoms with Crippen molar-refractivity contribution in [2.24, 2.45) is 0 Å². The maximum atomic E-state index is 12.6. The van der Waals surface area contributed by atoms with Gasteiger partial charge in [0.15, 0.2) is 0 Å². The third-order valence-electron chi connectivity index (χ3n) is 5.32. The van der Waals surface area contributed by atoms with Gasteiger partial charge in [-0.2, -0.15) is 0 Å². The number of H-pyrrole nitrogens is 4. The summed E-state index contributed by atoms with van der Waals surface area (Å²) in [5.41, 5.74) is 1.68. The number of carbonyl (C=O) groups is 1. The number of hydrogen-bond acceptors (Lipinski definition) is 6. The first-order valence-corrected chi connectivity index (χ1v) is 9.87. The zero-order valence-electron chi connectivity index (χ0n) is 17.6. The molecule has 0 amide bonds. The topological polar surface area (TPSA) is 167 Å². The molecule has 168 valence electrons. The number of benzene rings is 2. The fraction of sp³-hybridized carbons (Fsp3) is 0.136. The van der Waals surface area contributed by atoms with Crippen LogP contribution in [0.5, 0.6) is 5.75 Å². The Kier molecular flexibility index (Phi) is 5.53. The van der Waals surface area contributed by atoms with Crippen LogP contribution in [0.3, 0.4) is 0 Å². The van der Waals surface area contributed by atoms with Crippen molar-refractivity contribution in [1.82, 2.24) is 20.4 Å². The molecular weight excluding hydrogens is 430 g/mol. The summed E-state index contributed by atoms with van der Waals surface area (Å²) >= 11 is 0. The van der Waals surface area contributed by atoms with Crippen LogP contribution in [0.15, 0.2) is 58.1 Å². The molecule has 2 heterocycles. The van der Waals surface area contributed by atoms with E-state index in [4.69, 9.17) is 4.74 Å². The van der Waals surface area contributed by atoms with Crippen LogP contribution in [0.4, 0.5) is 5.69 Å². The number of nitro groups is 1. The molecule has 0 radical (unpaired) electrons. The van der Waals surface area contributed by atoms with E-state index in [2.05, 4.69) is 20.4 Å². The molecule has 33 heavy (non-hydrogen) atoms. The summed E-state index contributed by atoms with van der Waals surface area (Å²) in [5, 5.41) is 21.4. The Bertz CT molecular complexity index is 1400. The van der Waals surface area contributed by atoms with Crippen LogP contribution in [0, 0.1) is 24.0 Å². The highest BCUT2D eigenvalue weighted by Gasteiger charge is 2.28. The van der Waals surface area contributed by atoms with Crippen LogP contribution in [0.2, 0.25) is 0 Å². The number of nitrogens with one attached hydrogen (secondary N) is 4. The molecule has 4 rings (SSSR count). The van der Waals surface area contributed by atoms with Gasteiger partial charge in [0.05, 0.1) is 21.6 Å². The SMILES string of the molecule is Cc1[nH][nH]c(=O)c1C(c1cccc(OC(=O)c2ccc([N+](=O)[O-])cc2)c1)c1c(C)[nH][nH]c1=O. The molecule has 2 aromatic carbocycles. The Balaban J connectivity index is 1.72. The predicted octanol–water partition coefficient (Wildman–Crippen LogP) is 2.64. The second-order valence-electron chi connectivity index (χ2n) is 7.43. The third-order valence-corrected chi connectivity index (χ3v) is 5.32. The van der Waals surface area contributed by atoms with Gasteiger partial charge < -0.3 is 14.9 Å². The standard InChI is InChI=1S/C22H19N5O6/c1-11-17(20(28)25-23-11)19(18-12(2)24-26-21(18)29)14-4-3-5-16(10-14)33-22(30)13-6-8-15(9-7-13)27(31)32/h3-10,19H,1-2H3,(H2,23,25,28)(H2,24,26,29). The van der Waals surface area contributed by atoms with Gasteiger partial charge in [0.1, 0.15) is 5.75 Å². The Hall–Kier alpha value is -4.67. The number of hydrogen-bond donors (Lipinski definition) is 4. The van der Waals surface area contributed by atoms with Gasteiger partial charge in [-0.25, -0.2) is 4.79 Å². The molecule has 0 spiro atoms. The predicted molar refractivity (Wildman–Crippen MR) is 118 cm³/mol. The van der Waals surface area contributed by atoms with Gasteiger partial charge in [0.2, 0.25) is 0 Å². The number of aromatic amines is 4. The number of aromatic nitrogens is 4. The van der Waals surface area contributed by atoms with Crippen molar-refractivity contribution in [1.29, 1.82) is 0 Å². The van der Waals surface area contributed by atoms with Gasteiger partial charge >= 0.3 is 5.97 Å². The second-order valence-corrected chi connectivity index (χ2v) is 7.43. The number of nitrogens with zero attached hydrogens (tertiary/aromatic N) is 1. The number of non-ortho nitro benzene ring substituents is 1. The van der Waals surface area contributed by atoms with Gasteiger partial charge in [-0.15, -0.1) is 0 Å². The number of esters is 1. The minimum absolute atomic E-state index is 0.137. The highest BCUT2D eigenvalue weighted by molar-refractivity contribution is 5.91. The summed E-state index contributed by atoms with van der Waals surface area (Å²) in [6.07, 6.45) is 0. The number of rotatable bonds is 6. The molecule has 0 aliphatic carbocycles. The summed E-state index contributed by atoms with van der Waals surface area (Å²) in [5.74, 6) is -1.24. The van der Waals surface area contributed by atoms with Gasteiger partial charge in [-0.3, -0.25) is 29.9 Å². The lowest BCUT2D eigenvalue weighted by Gasteiger charge is -2.17. The summed E-state index contributed by atoms with van der Waals surface area (Å²) in [4.78, 5) is 47.9. The first-order chi connectivity index (χ1) is 15.8. The summed E-state index contributed by atoms with van der Waals surface area (Å²) < 4.78 is 5.45. The van der Waals surface area contributed by atoms with E-state index in [0.717, 1.165) is 0 Å². The fourth-order valence-corrected chi connectivity index (χ4v) is 3.73. The van der Waals surface area contributed by atoms with E-state index in [0.29, 0.717) is 28.1 Å². The molecule has 4 aromatic rings. The van der Waals surface area contributed by atoms with Gasteiger partial charge in [-0.05, 0) is 43.7 Å². The molecule has 2 aromatic heterocycles. The zero-order valence-corrected chi connectivity index (χ0v) is 17.6. The second kappa shape index (κ2) is 8.46. The smallest absolute Gasteiger partial charge is 0.343 e. The van der Waals surface area contributed by atoms with Crippen molar-refractivity contribution in [3.63, 3.8) is 0 Å². The largest absolute Gasteiger partial charge is 0.423 e. The average molecular weight is 449 g/mol. The van der Waals surface area contributed by atoms with Crippen molar-refractivity contribution in [3.05, 3.63) is 113 Å². The molecule has 0 atom stereocenters. The van der Waals surface area contributed by atoms with E-state index in [-0.39, 0.29) is 28.1 Å². The van der Waals surface area contributed by atoms with E-state index in [1.807, 2.05) is 0 Å². The average Bonchev–Trinajstić information content (AvgIpc) is 3.30. The van der Waals surface area contributed by atoms with Crippen LogP contribution in [-0.2, 0) is 0 Å². The number of nitro benzene ring substituents is 1. The van der Waals surface area contributed by atoms with Crippen molar-refractivity contribution >= 4 is 11.7 Å². The lowest BCUT2D eigenvalue weighted by Crippen LogP contribution is -2.20. The maximum Gasteiger partial charge on any atom is 0.343 e. The molecule has 11 nitrogen and oxygen atoms in total. The van der Waals surface area contributed by atoms with Crippen LogP contribution < -0.4 is 15.9 Å². The van der Waals surface area contributed by atoms with Crippen LogP contribution in [0.1, 0.15) is 44.4 Å². The van der Waals surface area contributed by atoms with E-state index < -0.39 is 16.8 Å². The third kappa shape index (κ3) is 4.11. The van der Waals surface area contributed by atoms with Crippen LogP contribution >= 0.6 is 0 Å². The molecule has 0 aliphatic rings. The summed E-state index contributed by atoms with van der Waals surface area (Å²) in [6, 6.07) is 11.5. The van der Waals surface area contributed by atoms with Gasteiger partial charge in [-0.1, -0.05) is 12.1 Å². The quantitative estimate of drug-likeness (QED) is 0.153. The molecular formula is C22H19N5O6. The Morgan fingerprint density at radius 1 is 0.909 bits per heavy atom. The molecule has 11 heteroatoms. The van der Waals surface area contributed by atoms with E-state index >= 15 is 0 Å². The first kappa shape index (κ1) is 21.6. The van der Waals surface area contributed by atoms with Crippen molar-refractivity contribution in [2.75, 3.05) is 0 Å². The molecule has 0 unspecified atom stereocenters. The Labute approximate surface area is 185 Å². The maximum absolute atomic E-state index is 12.6. The number of aryl methyl sites for hydroxylation is 2. The number of carbonyl (C=O) groups excluding carboxylic acids is 1. The van der Waals surface area contributed by atoms with Gasteiger partial charge in [0, 0.05) is 29.4 Å². The van der Waals surface area contributed by atoms with Crippen molar-refractivity contribution in [2.45, 2.75) is 19.8 Å². The highest BCUT2D eigenvalue weighted by atomic mass is 16.6. The summed E-state index contributed by atoms with van der Waals surface area (Å²) in [6.45, 7) is 3.43. The van der Waals surface area contributed by atoms with Gasteiger partial charge in [0.25, 0.3) is 16.8 Å². The fourth-order valence-electron chi connectivity index (χ4n) is 3.73. The normalized spacial score (nSPS) is 11.0.